The minimum absolute atomic E-state index is 0.771. The van der Waals surface area contributed by atoms with Crippen LogP contribution < -0.4 is 13.9 Å². The second-order valence-corrected chi connectivity index (χ2v) is 7.50. The molecule has 29 heavy (non-hydrogen) atoms. The molecule has 0 fully saturated rings. The minimum Gasteiger partial charge on any atom is -0.494 e. The van der Waals surface area contributed by atoms with Crippen LogP contribution in [0.4, 0.5) is 0 Å². The largest absolute Gasteiger partial charge is 0.494 e. The van der Waals surface area contributed by atoms with E-state index in [0.29, 0.717) is 0 Å². The summed E-state index contributed by atoms with van der Waals surface area (Å²) < 4.78 is 10.2. The fourth-order valence-electron chi connectivity index (χ4n) is 3.51. The zero-order valence-electron chi connectivity index (χ0n) is 17.0. The van der Waals surface area contributed by atoms with Gasteiger partial charge in [0.25, 0.3) is 0 Å². The Hall–Kier alpha value is -3.20. The number of hydrogen-bond acceptors (Lipinski definition) is 1. The van der Waals surface area contributed by atoms with Gasteiger partial charge in [0.1, 0.15) is 19.3 Å². The highest BCUT2D eigenvalue weighted by Crippen LogP contribution is 2.20. The molecular formula is C26H28N2O+2. The molecule has 0 aliphatic heterocycles. The molecule has 0 saturated heterocycles. The number of nitrogens with zero attached hydrogens (tertiary/aromatic N) is 2. The van der Waals surface area contributed by atoms with Crippen molar-refractivity contribution in [3.05, 3.63) is 91.5 Å². The number of hydrogen-bond donors (Lipinski definition) is 0. The van der Waals surface area contributed by atoms with Gasteiger partial charge < -0.3 is 4.74 Å². The quantitative estimate of drug-likeness (QED) is 0.313. The van der Waals surface area contributed by atoms with E-state index in [1.807, 2.05) is 7.05 Å². The summed E-state index contributed by atoms with van der Waals surface area (Å²) in [6.45, 7) is 1.81. The van der Waals surface area contributed by atoms with E-state index in [-0.39, 0.29) is 0 Å². The van der Waals surface area contributed by atoms with Crippen LogP contribution in [-0.2, 0) is 13.6 Å². The summed E-state index contributed by atoms with van der Waals surface area (Å²) >= 11 is 0. The minimum atomic E-state index is 0.771. The number of fused-ring (bicyclic) bond motifs is 1. The zero-order valence-corrected chi connectivity index (χ0v) is 17.0. The smallest absolute Gasteiger partial charge is 0.169 e. The standard InChI is InChI=1S/C26H28N2O/c1-27-16-11-23(12-17-27)24-13-18-28(19-14-24)15-5-2-6-20-29-26-10-9-22-7-3-4-8-25(22)21-26/h3-4,7-14,16-19,21H,2,5-6,15,20H2,1H3/q+2. The number of aryl methyl sites for hydroxylation is 2. The second-order valence-electron chi connectivity index (χ2n) is 7.50. The number of aromatic nitrogens is 2. The summed E-state index contributed by atoms with van der Waals surface area (Å²) in [5, 5.41) is 2.48. The highest BCUT2D eigenvalue weighted by atomic mass is 16.5. The Balaban J connectivity index is 1.19. The third kappa shape index (κ3) is 5.20. The van der Waals surface area contributed by atoms with Gasteiger partial charge in [-0.2, -0.15) is 0 Å². The van der Waals surface area contributed by atoms with E-state index >= 15 is 0 Å². The van der Waals surface area contributed by atoms with Crippen molar-refractivity contribution in [1.82, 2.24) is 0 Å². The summed E-state index contributed by atoms with van der Waals surface area (Å²) in [6.07, 6.45) is 11.9. The van der Waals surface area contributed by atoms with Gasteiger partial charge >= 0.3 is 0 Å². The highest BCUT2D eigenvalue weighted by molar-refractivity contribution is 5.83. The van der Waals surface area contributed by atoms with E-state index in [2.05, 4.69) is 101 Å². The van der Waals surface area contributed by atoms with Gasteiger partial charge in [0.15, 0.2) is 24.8 Å². The van der Waals surface area contributed by atoms with Crippen molar-refractivity contribution in [2.24, 2.45) is 7.05 Å². The van der Waals surface area contributed by atoms with Crippen LogP contribution in [0.25, 0.3) is 21.9 Å². The molecule has 4 rings (SSSR count). The van der Waals surface area contributed by atoms with Crippen LogP contribution in [0, 0.1) is 0 Å². The zero-order chi connectivity index (χ0) is 19.9. The van der Waals surface area contributed by atoms with Crippen LogP contribution in [0.15, 0.2) is 91.5 Å². The van der Waals surface area contributed by atoms with Crippen molar-refractivity contribution < 1.29 is 13.9 Å². The summed E-state index contributed by atoms with van der Waals surface area (Å²) in [6, 6.07) is 23.4. The maximum Gasteiger partial charge on any atom is 0.169 e. The van der Waals surface area contributed by atoms with Gasteiger partial charge in [-0.25, -0.2) is 9.13 Å². The lowest BCUT2D eigenvalue weighted by Gasteiger charge is -2.07. The lowest BCUT2D eigenvalue weighted by Crippen LogP contribution is -2.32. The van der Waals surface area contributed by atoms with Crippen LogP contribution in [0.3, 0.4) is 0 Å². The third-order valence-corrected chi connectivity index (χ3v) is 5.25. The molecule has 2 aromatic heterocycles. The first-order chi connectivity index (χ1) is 14.3. The maximum atomic E-state index is 5.93. The van der Waals surface area contributed by atoms with Gasteiger partial charge in [0.05, 0.1) is 6.61 Å². The molecule has 146 valence electrons. The van der Waals surface area contributed by atoms with E-state index < -0.39 is 0 Å². The van der Waals surface area contributed by atoms with E-state index in [1.165, 1.54) is 21.9 Å². The fraction of sp³-hybridized carbons (Fsp3) is 0.231. The predicted octanol–water partition coefficient (Wildman–Crippen LogP) is 4.87. The molecule has 0 spiro atoms. The van der Waals surface area contributed by atoms with Crippen molar-refractivity contribution in [2.75, 3.05) is 6.61 Å². The Morgan fingerprint density at radius 1 is 0.690 bits per heavy atom. The monoisotopic (exact) mass is 384 g/mol. The number of pyridine rings is 2. The molecule has 0 amide bonds. The third-order valence-electron chi connectivity index (χ3n) is 5.25. The molecule has 2 heterocycles. The average molecular weight is 385 g/mol. The van der Waals surface area contributed by atoms with E-state index in [0.717, 1.165) is 38.2 Å². The van der Waals surface area contributed by atoms with E-state index in [9.17, 15) is 0 Å². The molecular weight excluding hydrogens is 356 g/mol. The number of rotatable bonds is 8. The molecule has 0 N–H and O–H groups in total. The molecule has 0 atom stereocenters. The molecule has 4 aromatic rings. The van der Waals surface area contributed by atoms with E-state index in [1.54, 1.807) is 0 Å². The molecule has 0 aliphatic rings. The van der Waals surface area contributed by atoms with Crippen LogP contribution in [0.2, 0.25) is 0 Å². The van der Waals surface area contributed by atoms with Crippen molar-refractivity contribution >= 4 is 10.8 Å². The van der Waals surface area contributed by atoms with Crippen LogP contribution in [0.5, 0.6) is 5.75 Å². The van der Waals surface area contributed by atoms with Crippen LogP contribution >= 0.6 is 0 Å². The number of unbranched alkanes of at least 4 members (excludes halogenated alkanes) is 2. The molecule has 2 aromatic carbocycles. The highest BCUT2D eigenvalue weighted by Gasteiger charge is 2.04. The van der Waals surface area contributed by atoms with Gasteiger partial charge in [-0.15, -0.1) is 0 Å². The Kier molecular flexibility index (Phi) is 6.16. The second kappa shape index (κ2) is 9.33. The summed E-state index contributed by atoms with van der Waals surface area (Å²) in [7, 11) is 2.04. The van der Waals surface area contributed by atoms with Crippen molar-refractivity contribution in [3.63, 3.8) is 0 Å². The predicted molar refractivity (Wildman–Crippen MR) is 117 cm³/mol. The number of benzene rings is 2. The Morgan fingerprint density at radius 2 is 1.38 bits per heavy atom. The molecule has 3 heteroatoms. The summed E-state index contributed by atoms with van der Waals surface area (Å²) in [5.41, 5.74) is 2.51. The topological polar surface area (TPSA) is 17.0 Å². The van der Waals surface area contributed by atoms with Gasteiger partial charge in [-0.05, 0) is 46.9 Å². The SMILES string of the molecule is C[n+]1ccc(-c2cc[n+](CCCCCOc3ccc4ccccc4c3)cc2)cc1. The first-order valence-corrected chi connectivity index (χ1v) is 10.3. The van der Waals surface area contributed by atoms with Crippen LogP contribution in [-0.4, -0.2) is 6.61 Å². The number of ether oxygens (including phenoxy) is 1. The Labute approximate surface area is 172 Å². The molecule has 0 saturated carbocycles. The average Bonchev–Trinajstić information content (AvgIpc) is 2.77. The summed E-state index contributed by atoms with van der Waals surface area (Å²) in [4.78, 5) is 0. The molecule has 0 radical (unpaired) electrons. The molecule has 0 bridgehead atoms. The van der Waals surface area contributed by atoms with Crippen LogP contribution in [0.1, 0.15) is 19.3 Å². The lowest BCUT2D eigenvalue weighted by atomic mass is 10.1. The van der Waals surface area contributed by atoms with E-state index in [4.69, 9.17) is 4.74 Å². The lowest BCUT2D eigenvalue weighted by molar-refractivity contribution is -0.697. The van der Waals surface area contributed by atoms with Gasteiger partial charge in [-0.3, -0.25) is 0 Å². The Morgan fingerprint density at radius 3 is 2.14 bits per heavy atom. The summed E-state index contributed by atoms with van der Waals surface area (Å²) in [5.74, 6) is 0.961. The van der Waals surface area contributed by atoms with Crippen molar-refractivity contribution in [3.8, 4) is 16.9 Å². The van der Waals surface area contributed by atoms with Gasteiger partial charge in [0, 0.05) is 30.7 Å². The van der Waals surface area contributed by atoms with Crippen molar-refractivity contribution in [1.29, 1.82) is 0 Å². The molecule has 0 aliphatic carbocycles. The molecule has 0 unspecified atom stereocenters. The maximum absolute atomic E-state index is 5.93. The van der Waals surface area contributed by atoms with Crippen molar-refractivity contribution in [2.45, 2.75) is 25.8 Å². The first kappa shape index (κ1) is 19.1. The Bertz CT molecular complexity index is 1060. The van der Waals surface area contributed by atoms with Gasteiger partial charge in [-0.1, -0.05) is 30.3 Å². The molecule has 3 nitrogen and oxygen atoms in total. The first-order valence-electron chi connectivity index (χ1n) is 10.3. The fourth-order valence-corrected chi connectivity index (χ4v) is 3.51. The van der Waals surface area contributed by atoms with Gasteiger partial charge in [0.2, 0.25) is 0 Å². The normalized spacial score (nSPS) is 10.9.